The topological polar surface area (TPSA) is 80.2 Å². The average Bonchev–Trinajstić information content (AvgIpc) is 3.35. The minimum absolute atomic E-state index is 0.157. The fraction of sp³-hybridized carbons (Fsp3) is 0.250. The molecule has 0 saturated heterocycles. The highest BCUT2D eigenvalue weighted by Crippen LogP contribution is 2.47. The summed E-state index contributed by atoms with van der Waals surface area (Å²) in [6.07, 6.45) is 0. The molecule has 3 aromatic rings. The van der Waals surface area contributed by atoms with E-state index in [4.69, 9.17) is 9.47 Å². The molecule has 1 heterocycles. The normalized spacial score (nSPS) is 14.8. The Morgan fingerprint density at radius 2 is 1.70 bits per heavy atom. The molecular formula is C28H25F4N3O4S. The molecule has 0 aromatic heterocycles. The van der Waals surface area contributed by atoms with Crippen LogP contribution in [0.1, 0.15) is 40.7 Å². The van der Waals surface area contributed by atoms with Crippen molar-refractivity contribution in [1.29, 1.82) is 0 Å². The fourth-order valence-electron chi connectivity index (χ4n) is 3.83. The van der Waals surface area contributed by atoms with Gasteiger partial charge in [-0.3, -0.25) is 9.59 Å². The number of ether oxygens (including phenoxy) is 2. The Balaban J connectivity index is 1.72. The van der Waals surface area contributed by atoms with Gasteiger partial charge in [-0.25, -0.2) is 22.6 Å². The van der Waals surface area contributed by atoms with Crippen LogP contribution in [0.3, 0.4) is 0 Å². The first kappa shape index (κ1) is 28.9. The maximum absolute atomic E-state index is 14.6. The number of amides is 2. The van der Waals surface area contributed by atoms with Gasteiger partial charge in [-0.1, -0.05) is 37.7 Å². The van der Waals surface area contributed by atoms with E-state index in [1.165, 1.54) is 31.4 Å². The molecule has 2 amide bonds. The minimum atomic E-state index is -1.40. The lowest BCUT2D eigenvalue weighted by molar-refractivity contribution is -0.123. The van der Waals surface area contributed by atoms with Gasteiger partial charge in [0.25, 0.3) is 11.8 Å². The maximum Gasteiger partial charge on any atom is 0.281 e. The van der Waals surface area contributed by atoms with E-state index < -0.39 is 40.1 Å². The second kappa shape index (κ2) is 12.4. The zero-order valence-electron chi connectivity index (χ0n) is 21.7. The van der Waals surface area contributed by atoms with Crippen molar-refractivity contribution in [2.24, 2.45) is 11.0 Å². The van der Waals surface area contributed by atoms with Crippen LogP contribution in [0.15, 0.2) is 59.7 Å². The summed E-state index contributed by atoms with van der Waals surface area (Å²) >= 11 is 1.04. The van der Waals surface area contributed by atoms with Gasteiger partial charge >= 0.3 is 0 Å². The van der Waals surface area contributed by atoms with Crippen LogP contribution in [0.4, 0.5) is 17.6 Å². The molecule has 1 aliphatic heterocycles. The Kier molecular flexibility index (Phi) is 8.98. The zero-order valence-corrected chi connectivity index (χ0v) is 22.5. The zero-order chi connectivity index (χ0) is 29.0. The van der Waals surface area contributed by atoms with E-state index in [2.05, 4.69) is 10.4 Å². The van der Waals surface area contributed by atoms with Gasteiger partial charge in [-0.05, 0) is 36.2 Å². The van der Waals surface area contributed by atoms with Crippen LogP contribution in [0.2, 0.25) is 0 Å². The summed E-state index contributed by atoms with van der Waals surface area (Å²) < 4.78 is 67.5. The number of thioether (sulfide) groups is 1. The van der Waals surface area contributed by atoms with E-state index in [0.717, 1.165) is 16.8 Å². The number of methoxy groups -OCH3 is 1. The van der Waals surface area contributed by atoms with Gasteiger partial charge in [-0.2, -0.15) is 5.10 Å². The molecule has 7 nitrogen and oxygen atoms in total. The van der Waals surface area contributed by atoms with E-state index in [9.17, 15) is 27.2 Å². The highest BCUT2D eigenvalue weighted by atomic mass is 32.2. The van der Waals surface area contributed by atoms with Crippen LogP contribution < -0.4 is 14.8 Å². The number of hydrogen-bond acceptors (Lipinski definition) is 6. The SMILES string of the molecule is COc1c(OCC(=O)NCC(C)C)cccc1C1SC(c2ccc(F)cc2)=NN1C(=O)c1c(F)cc(F)cc1F. The molecule has 0 aliphatic carbocycles. The molecule has 4 rings (SSSR count). The van der Waals surface area contributed by atoms with Gasteiger partial charge in [0, 0.05) is 29.8 Å². The predicted octanol–water partition coefficient (Wildman–Crippen LogP) is 5.65. The van der Waals surface area contributed by atoms with Crippen molar-refractivity contribution in [3.8, 4) is 11.5 Å². The van der Waals surface area contributed by atoms with Gasteiger partial charge in [0.05, 0.1) is 7.11 Å². The number of carbonyl (C=O) groups excluding carboxylic acids is 2. The Bertz CT molecular complexity index is 1430. The molecule has 0 saturated carbocycles. The predicted molar refractivity (Wildman–Crippen MR) is 142 cm³/mol. The van der Waals surface area contributed by atoms with Crippen LogP contribution in [-0.2, 0) is 4.79 Å². The van der Waals surface area contributed by atoms with Crippen molar-refractivity contribution >= 4 is 28.6 Å². The van der Waals surface area contributed by atoms with Crippen LogP contribution in [-0.4, -0.2) is 42.1 Å². The number of carbonyl (C=O) groups is 2. The van der Waals surface area contributed by atoms with E-state index >= 15 is 0 Å². The quantitative estimate of drug-likeness (QED) is 0.334. The van der Waals surface area contributed by atoms with E-state index in [0.29, 0.717) is 29.8 Å². The largest absolute Gasteiger partial charge is 0.492 e. The van der Waals surface area contributed by atoms with Gasteiger partial charge < -0.3 is 14.8 Å². The number of nitrogens with zero attached hydrogens (tertiary/aromatic N) is 2. The van der Waals surface area contributed by atoms with Crippen LogP contribution in [0.25, 0.3) is 0 Å². The van der Waals surface area contributed by atoms with Crippen molar-refractivity contribution in [1.82, 2.24) is 10.3 Å². The van der Waals surface area contributed by atoms with Gasteiger partial charge in [0.2, 0.25) is 0 Å². The van der Waals surface area contributed by atoms with Crippen molar-refractivity contribution in [2.45, 2.75) is 19.2 Å². The smallest absolute Gasteiger partial charge is 0.281 e. The number of hydrazone groups is 1. The number of benzene rings is 3. The van der Waals surface area contributed by atoms with Crippen molar-refractivity contribution in [2.75, 3.05) is 20.3 Å². The second-order valence-electron chi connectivity index (χ2n) is 9.14. The number of hydrogen-bond donors (Lipinski definition) is 1. The van der Waals surface area contributed by atoms with E-state index in [-0.39, 0.29) is 35.0 Å². The van der Waals surface area contributed by atoms with Gasteiger partial charge in [-0.15, -0.1) is 0 Å². The molecule has 3 aromatic carbocycles. The molecule has 210 valence electrons. The average molecular weight is 576 g/mol. The Morgan fingerprint density at radius 3 is 2.33 bits per heavy atom. The van der Waals surface area contributed by atoms with E-state index in [1.807, 2.05) is 13.8 Å². The molecule has 0 bridgehead atoms. The number of halogens is 4. The first-order valence-corrected chi connectivity index (χ1v) is 13.0. The van der Waals surface area contributed by atoms with Crippen LogP contribution in [0.5, 0.6) is 11.5 Å². The van der Waals surface area contributed by atoms with Crippen molar-refractivity contribution < 1.29 is 36.6 Å². The summed E-state index contributed by atoms with van der Waals surface area (Å²) in [6, 6.07) is 10.9. The fourth-order valence-corrected chi connectivity index (χ4v) is 5.00. The van der Waals surface area contributed by atoms with Crippen molar-refractivity contribution in [3.63, 3.8) is 0 Å². The second-order valence-corrected chi connectivity index (χ2v) is 10.2. The Hall–Kier alpha value is -4.06. The van der Waals surface area contributed by atoms with E-state index in [1.54, 1.807) is 18.2 Å². The highest BCUT2D eigenvalue weighted by Gasteiger charge is 2.39. The highest BCUT2D eigenvalue weighted by molar-refractivity contribution is 8.14. The lowest BCUT2D eigenvalue weighted by Crippen LogP contribution is -2.31. The number of rotatable bonds is 9. The molecule has 0 fully saturated rings. The molecule has 0 spiro atoms. The molecule has 1 N–H and O–H groups in total. The molecule has 1 aliphatic rings. The summed E-state index contributed by atoms with van der Waals surface area (Å²) in [6.45, 7) is 4.06. The Morgan fingerprint density at radius 1 is 1.02 bits per heavy atom. The number of para-hydroxylation sites is 1. The molecule has 0 radical (unpaired) electrons. The van der Waals surface area contributed by atoms with Crippen molar-refractivity contribution in [3.05, 3.63) is 94.6 Å². The summed E-state index contributed by atoms with van der Waals surface area (Å²) in [5.41, 5.74) is -0.214. The molecular weight excluding hydrogens is 550 g/mol. The maximum atomic E-state index is 14.6. The Labute approximate surface area is 232 Å². The lowest BCUT2D eigenvalue weighted by atomic mass is 10.1. The third kappa shape index (κ3) is 6.39. The summed E-state index contributed by atoms with van der Waals surface area (Å²) in [7, 11) is 1.36. The third-order valence-electron chi connectivity index (χ3n) is 5.71. The monoisotopic (exact) mass is 575 g/mol. The summed E-state index contributed by atoms with van der Waals surface area (Å²) in [5, 5.41) is 7.11. The third-order valence-corrected chi connectivity index (χ3v) is 6.93. The molecule has 1 unspecified atom stereocenters. The molecule has 1 atom stereocenters. The molecule has 40 heavy (non-hydrogen) atoms. The lowest BCUT2D eigenvalue weighted by Gasteiger charge is -2.24. The minimum Gasteiger partial charge on any atom is -0.492 e. The first-order chi connectivity index (χ1) is 19.1. The standard InChI is InChI=1S/C28H25F4N3O4S/c1-15(2)13-33-23(36)14-39-22-6-4-5-19(25(22)38-3)28-35(27(37)24-20(31)11-18(30)12-21(24)32)34-26(40-28)16-7-9-17(29)10-8-16/h4-12,15,28H,13-14H2,1-3H3,(H,33,36). The summed E-state index contributed by atoms with van der Waals surface area (Å²) in [5.74, 6) is -5.40. The van der Waals surface area contributed by atoms with Crippen LogP contribution in [0, 0.1) is 29.2 Å². The molecule has 12 heteroatoms. The summed E-state index contributed by atoms with van der Waals surface area (Å²) in [4.78, 5) is 25.7. The first-order valence-electron chi connectivity index (χ1n) is 12.1. The van der Waals surface area contributed by atoms with Crippen LogP contribution >= 0.6 is 11.8 Å². The van der Waals surface area contributed by atoms with Gasteiger partial charge in [0.1, 0.15) is 39.2 Å². The van der Waals surface area contributed by atoms with Gasteiger partial charge in [0.15, 0.2) is 18.1 Å². The number of nitrogens with one attached hydrogen (secondary N) is 1.